The molecule has 0 unspecified atom stereocenters. The van der Waals surface area contributed by atoms with E-state index in [9.17, 15) is 14.4 Å². The fraction of sp³-hybridized carbons (Fsp3) is 0.308. The maximum Gasteiger partial charge on any atom is 0.338 e. The number of nitrogens with zero attached hydrogens (tertiary/aromatic N) is 6. The highest BCUT2D eigenvalue weighted by Crippen LogP contribution is 2.39. The van der Waals surface area contributed by atoms with Crippen LogP contribution in [0, 0.1) is 0 Å². The zero-order valence-electron chi connectivity index (χ0n) is 30.7. The standard InChI is InChI=1S/C39H42N10O6/c1-4-53-33(50)25-11-17-28(18-12-25)41-37-45-31(44-36(40)48-37)23-7-9-24(10-8-23)32-46-38(42-29-19-13-26(14-20-29)34(51)54-5-2)49-39(47-32)43-30-21-15-27(16-22-30)35(52)55-6-3/h11-24H,4-10H2,1-3H3,(H3,40,41,44,45,48)(H2,42,43,46,47,49). The number of carbonyl (C=O) groups is 3. The highest BCUT2D eigenvalue weighted by atomic mass is 16.5. The number of anilines is 7. The van der Waals surface area contributed by atoms with Gasteiger partial charge in [-0.25, -0.2) is 14.4 Å². The predicted molar refractivity (Wildman–Crippen MR) is 205 cm³/mol. The van der Waals surface area contributed by atoms with E-state index < -0.39 is 17.9 Å². The summed E-state index contributed by atoms with van der Waals surface area (Å²) in [5.74, 6) is 1.09. The molecule has 1 saturated carbocycles. The van der Waals surface area contributed by atoms with Crippen molar-refractivity contribution in [1.82, 2.24) is 29.9 Å². The number of esters is 3. The summed E-state index contributed by atoms with van der Waals surface area (Å²) in [7, 11) is 0. The van der Waals surface area contributed by atoms with Gasteiger partial charge in [-0.1, -0.05) is 0 Å². The molecule has 6 rings (SSSR count). The lowest BCUT2D eigenvalue weighted by molar-refractivity contribution is 0.0517. The first-order valence-electron chi connectivity index (χ1n) is 18.1. The Balaban J connectivity index is 1.18. The lowest BCUT2D eigenvalue weighted by Crippen LogP contribution is -2.19. The third kappa shape index (κ3) is 10.0. The second-order valence-electron chi connectivity index (χ2n) is 12.5. The minimum Gasteiger partial charge on any atom is -0.462 e. The first-order valence-corrected chi connectivity index (χ1v) is 18.1. The molecule has 0 spiro atoms. The smallest absolute Gasteiger partial charge is 0.338 e. The molecule has 1 aliphatic carbocycles. The summed E-state index contributed by atoms with van der Waals surface area (Å²) in [6, 6.07) is 20.5. The van der Waals surface area contributed by atoms with Crippen molar-refractivity contribution in [3.8, 4) is 0 Å². The number of nitrogens with one attached hydrogen (secondary N) is 3. The number of hydrogen-bond acceptors (Lipinski definition) is 16. The van der Waals surface area contributed by atoms with Gasteiger partial charge >= 0.3 is 17.9 Å². The summed E-state index contributed by atoms with van der Waals surface area (Å²) in [4.78, 5) is 64.1. The van der Waals surface area contributed by atoms with Gasteiger partial charge in [0, 0.05) is 28.9 Å². The molecule has 55 heavy (non-hydrogen) atoms. The van der Waals surface area contributed by atoms with Gasteiger partial charge in [0.05, 0.1) is 36.5 Å². The molecule has 0 atom stereocenters. The van der Waals surface area contributed by atoms with E-state index in [4.69, 9.17) is 29.9 Å². The summed E-state index contributed by atoms with van der Waals surface area (Å²) >= 11 is 0. The molecule has 0 aliphatic heterocycles. The fourth-order valence-electron chi connectivity index (χ4n) is 6.04. The van der Waals surface area contributed by atoms with Crippen LogP contribution in [0.4, 0.5) is 40.9 Å². The number of ether oxygens (including phenoxy) is 3. The Kier molecular flexibility index (Phi) is 12.4. The molecule has 5 N–H and O–H groups in total. The SMILES string of the molecule is CCOC(=O)c1ccc(Nc2nc(N)nc(C3CCC(c4nc(Nc5ccc(C(=O)OCC)cc5)nc(Nc5ccc(C(=O)OCC)cc5)n4)CC3)n2)cc1. The van der Waals surface area contributed by atoms with Crippen LogP contribution in [0.1, 0.15) is 101 Å². The monoisotopic (exact) mass is 746 g/mol. The molecule has 284 valence electrons. The average molecular weight is 747 g/mol. The number of nitrogen functional groups attached to an aromatic ring is 1. The van der Waals surface area contributed by atoms with Gasteiger partial charge in [-0.05, 0) is 119 Å². The van der Waals surface area contributed by atoms with E-state index in [2.05, 4.69) is 35.9 Å². The van der Waals surface area contributed by atoms with Crippen LogP contribution in [-0.2, 0) is 14.2 Å². The number of rotatable bonds is 14. The van der Waals surface area contributed by atoms with Crippen LogP contribution < -0.4 is 21.7 Å². The van der Waals surface area contributed by atoms with Gasteiger partial charge < -0.3 is 35.9 Å². The summed E-state index contributed by atoms with van der Waals surface area (Å²) in [6.45, 7) is 6.14. The zero-order chi connectivity index (χ0) is 38.7. The molecule has 1 aliphatic rings. The van der Waals surface area contributed by atoms with E-state index >= 15 is 0 Å². The van der Waals surface area contributed by atoms with Crippen molar-refractivity contribution in [2.75, 3.05) is 41.5 Å². The molecule has 0 radical (unpaired) electrons. The van der Waals surface area contributed by atoms with Crippen molar-refractivity contribution >= 4 is 58.8 Å². The Morgan fingerprint density at radius 2 is 0.818 bits per heavy atom. The largest absolute Gasteiger partial charge is 0.462 e. The van der Waals surface area contributed by atoms with E-state index in [0.29, 0.717) is 69.9 Å². The second kappa shape index (κ2) is 17.9. The fourth-order valence-corrected chi connectivity index (χ4v) is 6.04. The Morgan fingerprint density at radius 3 is 1.15 bits per heavy atom. The molecular formula is C39H42N10O6. The van der Waals surface area contributed by atoms with E-state index in [0.717, 1.165) is 25.7 Å². The number of carbonyl (C=O) groups excluding carboxylic acids is 3. The molecule has 16 nitrogen and oxygen atoms in total. The normalized spacial score (nSPS) is 15.0. The zero-order valence-corrected chi connectivity index (χ0v) is 30.7. The Labute approximate surface area is 317 Å². The molecule has 0 saturated heterocycles. The highest BCUT2D eigenvalue weighted by Gasteiger charge is 2.28. The molecule has 2 aromatic heterocycles. The first-order chi connectivity index (χ1) is 26.7. The van der Waals surface area contributed by atoms with Crippen LogP contribution in [0.15, 0.2) is 72.8 Å². The maximum atomic E-state index is 12.2. The summed E-state index contributed by atoms with van der Waals surface area (Å²) < 4.78 is 15.3. The van der Waals surface area contributed by atoms with Gasteiger partial charge in [0.1, 0.15) is 11.6 Å². The van der Waals surface area contributed by atoms with Gasteiger partial charge in [0.25, 0.3) is 0 Å². The van der Waals surface area contributed by atoms with Gasteiger partial charge in [0.15, 0.2) is 0 Å². The van der Waals surface area contributed by atoms with Crippen molar-refractivity contribution in [1.29, 1.82) is 0 Å². The van der Waals surface area contributed by atoms with Gasteiger partial charge in [0.2, 0.25) is 23.8 Å². The lowest BCUT2D eigenvalue weighted by Gasteiger charge is -2.27. The molecular weight excluding hydrogens is 704 g/mol. The van der Waals surface area contributed by atoms with Crippen molar-refractivity contribution in [2.45, 2.75) is 58.3 Å². The average Bonchev–Trinajstić information content (AvgIpc) is 3.19. The number of nitrogens with two attached hydrogens (primary N) is 1. The molecule has 0 amide bonds. The number of hydrogen-bond donors (Lipinski definition) is 4. The van der Waals surface area contributed by atoms with E-state index in [-0.39, 0.29) is 31.0 Å². The number of aromatic nitrogens is 6. The van der Waals surface area contributed by atoms with Crippen molar-refractivity contribution in [3.05, 3.63) is 101 Å². The maximum absolute atomic E-state index is 12.2. The minimum atomic E-state index is -0.401. The van der Waals surface area contributed by atoms with Gasteiger partial charge in [-0.2, -0.15) is 29.9 Å². The van der Waals surface area contributed by atoms with E-state index in [1.807, 2.05) is 0 Å². The molecule has 16 heteroatoms. The van der Waals surface area contributed by atoms with Crippen LogP contribution in [-0.4, -0.2) is 67.6 Å². The van der Waals surface area contributed by atoms with Crippen LogP contribution >= 0.6 is 0 Å². The van der Waals surface area contributed by atoms with Crippen molar-refractivity contribution in [2.24, 2.45) is 0 Å². The quantitative estimate of drug-likeness (QED) is 0.0675. The molecule has 2 heterocycles. The molecule has 0 bridgehead atoms. The molecule has 1 fully saturated rings. The summed E-state index contributed by atoms with van der Waals surface area (Å²) in [5, 5.41) is 9.64. The van der Waals surface area contributed by atoms with Gasteiger partial charge in [-0.15, -0.1) is 0 Å². The second-order valence-corrected chi connectivity index (χ2v) is 12.5. The summed E-state index contributed by atoms with van der Waals surface area (Å²) in [5.41, 5.74) is 9.45. The van der Waals surface area contributed by atoms with E-state index in [1.165, 1.54) is 0 Å². The highest BCUT2D eigenvalue weighted by molar-refractivity contribution is 5.91. The Morgan fingerprint density at radius 1 is 0.509 bits per heavy atom. The lowest BCUT2D eigenvalue weighted by atomic mass is 9.81. The van der Waals surface area contributed by atoms with Crippen LogP contribution in [0.5, 0.6) is 0 Å². The van der Waals surface area contributed by atoms with Crippen molar-refractivity contribution < 1.29 is 28.6 Å². The first kappa shape index (κ1) is 38.0. The third-order valence-corrected chi connectivity index (χ3v) is 8.74. The minimum absolute atomic E-state index is 0.00687. The van der Waals surface area contributed by atoms with Crippen LogP contribution in [0.25, 0.3) is 0 Å². The van der Waals surface area contributed by atoms with E-state index in [1.54, 1.807) is 93.6 Å². The Bertz CT molecular complexity index is 2020. The third-order valence-electron chi connectivity index (χ3n) is 8.74. The predicted octanol–water partition coefficient (Wildman–Crippen LogP) is 6.84. The summed E-state index contributed by atoms with van der Waals surface area (Å²) in [6.07, 6.45) is 3.01. The molecule has 5 aromatic rings. The Hall–Kier alpha value is -6.71. The number of benzene rings is 3. The molecule has 3 aromatic carbocycles. The van der Waals surface area contributed by atoms with Crippen molar-refractivity contribution in [3.63, 3.8) is 0 Å². The van der Waals surface area contributed by atoms with Crippen LogP contribution in [0.2, 0.25) is 0 Å². The van der Waals surface area contributed by atoms with Gasteiger partial charge in [-0.3, -0.25) is 0 Å². The van der Waals surface area contributed by atoms with Crippen LogP contribution in [0.3, 0.4) is 0 Å². The topological polar surface area (TPSA) is 218 Å².